The first-order chi connectivity index (χ1) is 7.16. The lowest BCUT2D eigenvalue weighted by Gasteiger charge is -2.09. The van der Waals surface area contributed by atoms with E-state index in [0.29, 0.717) is 0 Å². The number of nitrogens with one attached hydrogen (secondary N) is 1. The molecule has 0 amide bonds. The van der Waals surface area contributed by atoms with Crippen molar-refractivity contribution in [1.82, 2.24) is 10.3 Å². The van der Waals surface area contributed by atoms with Gasteiger partial charge in [0.25, 0.3) is 0 Å². The van der Waals surface area contributed by atoms with Crippen LogP contribution in [0.5, 0.6) is 0 Å². The number of rotatable bonds is 4. The van der Waals surface area contributed by atoms with Crippen molar-refractivity contribution >= 4 is 5.70 Å². The van der Waals surface area contributed by atoms with Crippen LogP contribution in [0.1, 0.15) is 29.8 Å². The lowest BCUT2D eigenvalue weighted by atomic mass is 10.2. The molecule has 1 aromatic rings. The molecule has 0 spiro atoms. The Bertz CT molecular complexity index is 378. The van der Waals surface area contributed by atoms with Gasteiger partial charge in [0.1, 0.15) is 0 Å². The second kappa shape index (κ2) is 4.05. The van der Waals surface area contributed by atoms with Gasteiger partial charge in [-0.25, -0.2) is 0 Å². The normalized spacial score (nSPS) is 15.1. The van der Waals surface area contributed by atoms with Crippen molar-refractivity contribution in [3.63, 3.8) is 0 Å². The summed E-state index contributed by atoms with van der Waals surface area (Å²) in [6.45, 7) is 9.18. The lowest BCUT2D eigenvalue weighted by Crippen LogP contribution is -2.15. The molecule has 0 aromatic carbocycles. The Kier molecular flexibility index (Phi) is 2.76. The summed E-state index contributed by atoms with van der Waals surface area (Å²) < 4.78 is 0. The van der Waals surface area contributed by atoms with Gasteiger partial charge in [-0.3, -0.25) is 4.98 Å². The zero-order valence-corrected chi connectivity index (χ0v) is 9.51. The predicted octanol–water partition coefficient (Wildman–Crippen LogP) is 2.67. The van der Waals surface area contributed by atoms with Crippen molar-refractivity contribution in [1.29, 1.82) is 0 Å². The molecular formula is C13H18N2. The summed E-state index contributed by atoms with van der Waals surface area (Å²) in [7, 11) is 0. The minimum Gasteiger partial charge on any atom is -0.384 e. The number of hydrogen-bond donors (Lipinski definition) is 1. The molecule has 0 unspecified atom stereocenters. The van der Waals surface area contributed by atoms with E-state index in [2.05, 4.69) is 29.9 Å². The molecule has 1 aliphatic carbocycles. The Morgan fingerprint density at radius 3 is 2.80 bits per heavy atom. The van der Waals surface area contributed by atoms with E-state index in [0.717, 1.165) is 29.5 Å². The van der Waals surface area contributed by atoms with Gasteiger partial charge in [0.05, 0.1) is 11.4 Å². The van der Waals surface area contributed by atoms with Crippen LogP contribution < -0.4 is 5.32 Å². The van der Waals surface area contributed by atoms with Gasteiger partial charge in [-0.1, -0.05) is 12.6 Å². The third-order valence-corrected chi connectivity index (χ3v) is 2.96. The van der Waals surface area contributed by atoms with Gasteiger partial charge in [-0.2, -0.15) is 0 Å². The summed E-state index contributed by atoms with van der Waals surface area (Å²) in [5.41, 5.74) is 4.24. The summed E-state index contributed by atoms with van der Waals surface area (Å²) in [6.07, 6.45) is 2.72. The number of aryl methyl sites for hydroxylation is 2. The molecule has 0 aliphatic heterocycles. The van der Waals surface area contributed by atoms with Gasteiger partial charge in [-0.15, -0.1) is 0 Å². The van der Waals surface area contributed by atoms with E-state index in [9.17, 15) is 0 Å². The predicted molar refractivity (Wildman–Crippen MR) is 63.5 cm³/mol. The molecule has 1 saturated carbocycles. The Balaban J connectivity index is 2.00. The molecule has 1 aromatic heterocycles. The standard InChI is InChI=1S/C13H18N2/c1-9-4-7-13(15-10(9)2)11(3)14-8-12-5-6-12/h4,7,12,14H,3,5-6,8H2,1-2H3. The van der Waals surface area contributed by atoms with Crippen LogP contribution in [0.2, 0.25) is 0 Å². The lowest BCUT2D eigenvalue weighted by molar-refractivity contribution is 0.757. The van der Waals surface area contributed by atoms with Gasteiger partial charge in [-0.05, 0) is 44.2 Å². The molecule has 2 nitrogen and oxygen atoms in total. The summed E-state index contributed by atoms with van der Waals surface area (Å²) in [4.78, 5) is 4.51. The summed E-state index contributed by atoms with van der Waals surface area (Å²) in [5.74, 6) is 0.869. The second-order valence-electron chi connectivity index (χ2n) is 4.40. The zero-order valence-electron chi connectivity index (χ0n) is 9.51. The molecule has 1 aliphatic rings. The molecule has 80 valence electrons. The van der Waals surface area contributed by atoms with Gasteiger partial charge in [0.15, 0.2) is 0 Å². The summed E-state index contributed by atoms with van der Waals surface area (Å²) in [6, 6.07) is 4.13. The van der Waals surface area contributed by atoms with Gasteiger partial charge < -0.3 is 5.32 Å². The number of aromatic nitrogens is 1. The molecule has 15 heavy (non-hydrogen) atoms. The monoisotopic (exact) mass is 202 g/mol. The maximum atomic E-state index is 4.51. The number of pyridine rings is 1. The van der Waals surface area contributed by atoms with Crippen LogP contribution in [-0.2, 0) is 0 Å². The van der Waals surface area contributed by atoms with Crippen molar-refractivity contribution in [2.75, 3.05) is 6.54 Å². The van der Waals surface area contributed by atoms with E-state index >= 15 is 0 Å². The van der Waals surface area contributed by atoms with Crippen LogP contribution in [0.3, 0.4) is 0 Å². The smallest absolute Gasteiger partial charge is 0.0858 e. The van der Waals surface area contributed by atoms with Crippen LogP contribution in [0.4, 0.5) is 0 Å². The quantitative estimate of drug-likeness (QED) is 0.812. The first-order valence-electron chi connectivity index (χ1n) is 5.54. The van der Waals surface area contributed by atoms with Crippen LogP contribution in [0, 0.1) is 19.8 Å². The van der Waals surface area contributed by atoms with E-state index in [1.165, 1.54) is 18.4 Å². The van der Waals surface area contributed by atoms with Crippen LogP contribution in [-0.4, -0.2) is 11.5 Å². The topological polar surface area (TPSA) is 24.9 Å². The Morgan fingerprint density at radius 1 is 1.47 bits per heavy atom. The van der Waals surface area contributed by atoms with E-state index in [1.807, 2.05) is 13.0 Å². The highest BCUT2D eigenvalue weighted by Gasteiger charge is 2.20. The minimum atomic E-state index is 0.869. The van der Waals surface area contributed by atoms with Crippen molar-refractivity contribution in [3.05, 3.63) is 35.7 Å². The van der Waals surface area contributed by atoms with Crippen molar-refractivity contribution in [3.8, 4) is 0 Å². The van der Waals surface area contributed by atoms with Gasteiger partial charge >= 0.3 is 0 Å². The summed E-state index contributed by atoms with van der Waals surface area (Å²) >= 11 is 0. The minimum absolute atomic E-state index is 0.869. The molecule has 1 heterocycles. The molecule has 2 heteroatoms. The molecule has 1 fully saturated rings. The Hall–Kier alpha value is -1.31. The van der Waals surface area contributed by atoms with E-state index in [1.54, 1.807) is 0 Å². The maximum absolute atomic E-state index is 4.51. The number of hydrogen-bond acceptors (Lipinski definition) is 2. The van der Waals surface area contributed by atoms with Crippen LogP contribution >= 0.6 is 0 Å². The Morgan fingerprint density at radius 2 is 2.20 bits per heavy atom. The SMILES string of the molecule is C=C(NCC1CC1)c1ccc(C)c(C)n1. The highest BCUT2D eigenvalue weighted by atomic mass is 14.9. The van der Waals surface area contributed by atoms with E-state index in [-0.39, 0.29) is 0 Å². The van der Waals surface area contributed by atoms with Crippen molar-refractivity contribution in [2.45, 2.75) is 26.7 Å². The Labute approximate surface area is 91.4 Å². The molecule has 0 atom stereocenters. The van der Waals surface area contributed by atoms with Crippen LogP contribution in [0.15, 0.2) is 18.7 Å². The fraction of sp³-hybridized carbons (Fsp3) is 0.462. The third kappa shape index (κ3) is 2.58. The van der Waals surface area contributed by atoms with Crippen molar-refractivity contribution < 1.29 is 0 Å². The van der Waals surface area contributed by atoms with Gasteiger partial charge in [0.2, 0.25) is 0 Å². The first kappa shape index (κ1) is 10.2. The zero-order chi connectivity index (χ0) is 10.8. The summed E-state index contributed by atoms with van der Waals surface area (Å²) in [5, 5.41) is 3.35. The fourth-order valence-corrected chi connectivity index (χ4v) is 1.48. The highest BCUT2D eigenvalue weighted by molar-refractivity contribution is 5.58. The molecular weight excluding hydrogens is 184 g/mol. The highest BCUT2D eigenvalue weighted by Crippen LogP contribution is 2.28. The average Bonchev–Trinajstić information content (AvgIpc) is 3.02. The fourth-order valence-electron chi connectivity index (χ4n) is 1.48. The average molecular weight is 202 g/mol. The molecule has 0 bridgehead atoms. The van der Waals surface area contributed by atoms with E-state index < -0.39 is 0 Å². The first-order valence-corrected chi connectivity index (χ1v) is 5.54. The van der Waals surface area contributed by atoms with Crippen molar-refractivity contribution in [2.24, 2.45) is 5.92 Å². The second-order valence-corrected chi connectivity index (χ2v) is 4.40. The van der Waals surface area contributed by atoms with Crippen LogP contribution in [0.25, 0.3) is 5.70 Å². The van der Waals surface area contributed by atoms with E-state index in [4.69, 9.17) is 0 Å². The van der Waals surface area contributed by atoms with Gasteiger partial charge in [0, 0.05) is 12.2 Å². The molecule has 1 N–H and O–H groups in total. The molecule has 2 rings (SSSR count). The largest absolute Gasteiger partial charge is 0.384 e. The molecule has 0 radical (unpaired) electrons. The molecule has 0 saturated heterocycles. The maximum Gasteiger partial charge on any atom is 0.0858 e. The third-order valence-electron chi connectivity index (χ3n) is 2.96. The number of nitrogens with zero attached hydrogens (tertiary/aromatic N) is 1.